The van der Waals surface area contributed by atoms with Gasteiger partial charge in [-0.15, -0.1) is 5.10 Å². The molecule has 2 rings (SSSR count). The van der Waals surface area contributed by atoms with Crippen LogP contribution in [-0.2, 0) is 19.4 Å². The number of ether oxygens (including phenoxy) is 1. The summed E-state index contributed by atoms with van der Waals surface area (Å²) in [4.78, 5) is 24.6. The molecule has 1 heterocycles. The standard InChI is InChI=1S/C22H32N4O6S/c1-8-14(3)18(24-20(28)32-22(5,6)7)19-25-26-21(31-19)33(29,30)12-17(27)23-16-11-13(2)9-10-15(16)4/h9-11,14,18H,8,12H2,1-7H3,(H,23,27)(H,24,28). The SMILES string of the molecule is CCC(C)C(NC(=O)OC(C)(C)C)c1nnc(S(=O)(=O)CC(=O)Nc2cc(C)ccc2C)o1. The molecule has 0 bridgehead atoms. The van der Waals surface area contributed by atoms with Crippen LogP contribution in [0.3, 0.4) is 0 Å². The van der Waals surface area contributed by atoms with Crippen molar-refractivity contribution in [3.63, 3.8) is 0 Å². The van der Waals surface area contributed by atoms with Crippen molar-refractivity contribution in [2.45, 2.75) is 71.8 Å². The number of nitrogens with one attached hydrogen (secondary N) is 2. The fraction of sp³-hybridized carbons (Fsp3) is 0.545. The first-order valence-electron chi connectivity index (χ1n) is 10.6. The molecule has 33 heavy (non-hydrogen) atoms. The molecule has 1 aromatic heterocycles. The Morgan fingerprint density at radius 2 is 1.85 bits per heavy atom. The summed E-state index contributed by atoms with van der Waals surface area (Å²) < 4.78 is 36.1. The molecule has 2 amide bonds. The summed E-state index contributed by atoms with van der Waals surface area (Å²) in [6.07, 6.45) is -0.0493. The van der Waals surface area contributed by atoms with Crippen molar-refractivity contribution in [2.24, 2.45) is 5.92 Å². The molecule has 0 radical (unpaired) electrons. The van der Waals surface area contributed by atoms with E-state index in [1.54, 1.807) is 33.8 Å². The van der Waals surface area contributed by atoms with Crippen LogP contribution >= 0.6 is 0 Å². The van der Waals surface area contributed by atoms with Crippen molar-refractivity contribution in [3.05, 3.63) is 35.2 Å². The first-order valence-corrected chi connectivity index (χ1v) is 12.3. The van der Waals surface area contributed by atoms with Crippen molar-refractivity contribution in [3.8, 4) is 0 Å². The van der Waals surface area contributed by atoms with Crippen molar-refractivity contribution >= 4 is 27.5 Å². The van der Waals surface area contributed by atoms with E-state index >= 15 is 0 Å². The summed E-state index contributed by atoms with van der Waals surface area (Å²) in [6, 6.07) is 4.71. The van der Waals surface area contributed by atoms with E-state index in [0.717, 1.165) is 11.1 Å². The number of hydrogen-bond donors (Lipinski definition) is 2. The van der Waals surface area contributed by atoms with Gasteiger partial charge in [-0.05, 0) is 57.7 Å². The minimum atomic E-state index is -4.20. The Morgan fingerprint density at radius 1 is 1.18 bits per heavy atom. The Hall–Kier alpha value is -2.95. The first-order chi connectivity index (χ1) is 15.2. The largest absolute Gasteiger partial charge is 0.444 e. The van der Waals surface area contributed by atoms with Crippen LogP contribution in [0.2, 0.25) is 0 Å². The van der Waals surface area contributed by atoms with Gasteiger partial charge in [-0.25, -0.2) is 13.2 Å². The smallest absolute Gasteiger partial charge is 0.408 e. The Bertz CT molecular complexity index is 1100. The van der Waals surface area contributed by atoms with Crippen LogP contribution < -0.4 is 10.6 Å². The van der Waals surface area contributed by atoms with Gasteiger partial charge in [0.1, 0.15) is 17.4 Å². The summed E-state index contributed by atoms with van der Waals surface area (Å²) in [6.45, 7) is 12.6. The number of benzene rings is 1. The molecule has 0 aliphatic carbocycles. The maximum Gasteiger partial charge on any atom is 0.408 e. The van der Waals surface area contributed by atoms with E-state index in [-0.39, 0.29) is 11.8 Å². The molecule has 2 atom stereocenters. The maximum absolute atomic E-state index is 12.7. The summed E-state index contributed by atoms with van der Waals surface area (Å²) in [5, 5.41) is 12.0. The molecule has 182 valence electrons. The number of hydrogen-bond acceptors (Lipinski definition) is 8. The minimum Gasteiger partial charge on any atom is -0.444 e. The molecule has 0 spiro atoms. The molecule has 0 aliphatic rings. The van der Waals surface area contributed by atoms with Crippen molar-refractivity contribution in [1.29, 1.82) is 0 Å². The molecule has 0 aliphatic heterocycles. The predicted octanol–water partition coefficient (Wildman–Crippen LogP) is 3.71. The van der Waals surface area contributed by atoms with Crippen LogP contribution in [0, 0.1) is 19.8 Å². The van der Waals surface area contributed by atoms with Crippen molar-refractivity contribution in [2.75, 3.05) is 11.1 Å². The van der Waals surface area contributed by atoms with Gasteiger partial charge in [0.05, 0.1) is 0 Å². The Labute approximate surface area is 194 Å². The monoisotopic (exact) mass is 480 g/mol. The van der Waals surface area contributed by atoms with E-state index < -0.39 is 44.5 Å². The van der Waals surface area contributed by atoms with Gasteiger partial charge in [-0.3, -0.25) is 4.79 Å². The Balaban J connectivity index is 2.18. The van der Waals surface area contributed by atoms with E-state index in [4.69, 9.17) is 9.15 Å². The molecule has 2 aromatic rings. The number of carbonyl (C=O) groups excluding carboxylic acids is 2. The molecule has 2 unspecified atom stereocenters. The highest BCUT2D eigenvalue weighted by Gasteiger charge is 2.32. The maximum atomic E-state index is 12.7. The Morgan fingerprint density at radius 3 is 2.45 bits per heavy atom. The van der Waals surface area contributed by atoms with Crippen LogP contribution in [0.4, 0.5) is 10.5 Å². The lowest BCUT2D eigenvalue weighted by molar-refractivity contribution is -0.113. The predicted molar refractivity (Wildman–Crippen MR) is 122 cm³/mol. The minimum absolute atomic E-state index is 0.0799. The van der Waals surface area contributed by atoms with Crippen LogP contribution in [0.5, 0.6) is 0 Å². The number of alkyl carbamates (subject to hydrolysis) is 1. The van der Waals surface area contributed by atoms with Gasteiger partial charge in [0.15, 0.2) is 0 Å². The number of amides is 2. The number of nitrogens with zero attached hydrogens (tertiary/aromatic N) is 2. The van der Waals surface area contributed by atoms with Gasteiger partial charge in [0.25, 0.3) is 0 Å². The van der Waals surface area contributed by atoms with Crippen molar-refractivity contribution in [1.82, 2.24) is 15.5 Å². The summed E-state index contributed by atoms with van der Waals surface area (Å²) in [5.41, 5.74) is 1.54. The van der Waals surface area contributed by atoms with Crippen molar-refractivity contribution < 1.29 is 27.2 Å². The molecular formula is C22H32N4O6S. The number of rotatable bonds is 8. The average Bonchev–Trinajstić information content (AvgIpc) is 3.17. The number of sulfone groups is 1. The second-order valence-electron chi connectivity index (χ2n) is 9.04. The highest BCUT2D eigenvalue weighted by atomic mass is 32.2. The van der Waals surface area contributed by atoms with Crippen LogP contribution in [-0.4, -0.2) is 42.0 Å². The van der Waals surface area contributed by atoms with Gasteiger partial charge in [0.2, 0.25) is 21.6 Å². The van der Waals surface area contributed by atoms with E-state index in [2.05, 4.69) is 20.8 Å². The van der Waals surface area contributed by atoms with Crippen LogP contribution in [0.25, 0.3) is 0 Å². The molecule has 0 fully saturated rings. The molecule has 1 aromatic carbocycles. The summed E-state index contributed by atoms with van der Waals surface area (Å²) in [7, 11) is -4.20. The van der Waals surface area contributed by atoms with Gasteiger partial charge in [0, 0.05) is 5.69 Å². The fourth-order valence-electron chi connectivity index (χ4n) is 2.88. The molecular weight excluding hydrogens is 448 g/mol. The highest BCUT2D eigenvalue weighted by molar-refractivity contribution is 7.91. The lowest BCUT2D eigenvalue weighted by Gasteiger charge is -2.24. The molecule has 0 saturated heterocycles. The van der Waals surface area contributed by atoms with Gasteiger partial charge >= 0.3 is 11.3 Å². The van der Waals surface area contributed by atoms with E-state index in [0.29, 0.717) is 12.1 Å². The summed E-state index contributed by atoms with van der Waals surface area (Å²) >= 11 is 0. The fourth-order valence-corrected chi connectivity index (χ4v) is 3.80. The highest BCUT2D eigenvalue weighted by Crippen LogP contribution is 2.25. The van der Waals surface area contributed by atoms with E-state index in [1.807, 2.05) is 32.9 Å². The topological polar surface area (TPSA) is 140 Å². The average molecular weight is 481 g/mol. The van der Waals surface area contributed by atoms with E-state index in [1.165, 1.54) is 0 Å². The van der Waals surface area contributed by atoms with Gasteiger partial charge < -0.3 is 19.8 Å². The lowest BCUT2D eigenvalue weighted by Crippen LogP contribution is -2.37. The van der Waals surface area contributed by atoms with Gasteiger partial charge in [-0.2, -0.15) is 0 Å². The first kappa shape index (κ1) is 26.3. The zero-order valence-corrected chi connectivity index (χ0v) is 20.9. The third-order valence-electron chi connectivity index (χ3n) is 4.83. The number of aromatic nitrogens is 2. The van der Waals surface area contributed by atoms with E-state index in [9.17, 15) is 18.0 Å². The second kappa shape index (κ2) is 10.3. The lowest BCUT2D eigenvalue weighted by atomic mass is 9.99. The van der Waals surface area contributed by atoms with Gasteiger partial charge in [-0.1, -0.05) is 37.5 Å². The number of carbonyl (C=O) groups is 2. The molecule has 0 saturated carbocycles. The molecule has 2 N–H and O–H groups in total. The second-order valence-corrected chi connectivity index (χ2v) is 10.9. The van der Waals surface area contributed by atoms with Crippen LogP contribution in [0.15, 0.2) is 27.8 Å². The third-order valence-corrected chi connectivity index (χ3v) is 6.17. The molecule has 10 nitrogen and oxygen atoms in total. The Kier molecular flexibility index (Phi) is 8.23. The van der Waals surface area contributed by atoms with Crippen LogP contribution in [0.1, 0.15) is 64.1 Å². The normalized spacial score (nSPS) is 13.8. The third kappa shape index (κ3) is 7.55. The quantitative estimate of drug-likeness (QED) is 0.582. The zero-order valence-electron chi connectivity index (χ0n) is 20.1. The summed E-state index contributed by atoms with van der Waals surface area (Å²) in [5.74, 6) is -1.83. The number of aryl methyl sites for hydroxylation is 2. The molecule has 11 heteroatoms. The zero-order chi connectivity index (χ0) is 25.0. The number of anilines is 1.